The average molecular weight is 283 g/mol. The molecule has 0 unspecified atom stereocenters. The highest BCUT2D eigenvalue weighted by Gasteiger charge is 2.15. The molecular weight excluding hydrogens is 270 g/mol. The van der Waals surface area contributed by atoms with Crippen molar-refractivity contribution in [3.8, 4) is 0 Å². The van der Waals surface area contributed by atoms with Crippen molar-refractivity contribution in [1.82, 2.24) is 24.5 Å². The van der Waals surface area contributed by atoms with Crippen molar-refractivity contribution in [3.63, 3.8) is 0 Å². The van der Waals surface area contributed by atoms with E-state index in [0.29, 0.717) is 11.6 Å². The summed E-state index contributed by atoms with van der Waals surface area (Å²) >= 11 is 0. The van der Waals surface area contributed by atoms with Gasteiger partial charge in [0.25, 0.3) is 0 Å². The number of sulfonamides is 1. The number of nitrogens with zero attached hydrogens (tertiary/aromatic N) is 4. The molecule has 0 aliphatic carbocycles. The number of hydrogen-bond donors (Lipinski definition) is 3. The van der Waals surface area contributed by atoms with Crippen molar-refractivity contribution in [2.75, 3.05) is 5.43 Å². The molecular formula is C9H13N7O2S. The molecule has 0 amide bonds. The summed E-state index contributed by atoms with van der Waals surface area (Å²) in [6, 6.07) is 2.87. The molecule has 0 aliphatic rings. The van der Waals surface area contributed by atoms with Crippen molar-refractivity contribution < 1.29 is 8.42 Å². The molecule has 0 spiro atoms. The molecule has 0 fully saturated rings. The minimum absolute atomic E-state index is 0.0140. The Hall–Kier alpha value is -2.04. The minimum atomic E-state index is -3.64. The van der Waals surface area contributed by atoms with E-state index in [-0.39, 0.29) is 11.4 Å². The van der Waals surface area contributed by atoms with Crippen LogP contribution in [0.4, 0.5) is 5.82 Å². The average Bonchev–Trinajstić information content (AvgIpc) is 2.82. The van der Waals surface area contributed by atoms with Crippen LogP contribution < -0.4 is 16.0 Å². The Bertz CT molecular complexity index is 649. The topological polar surface area (TPSA) is 128 Å². The van der Waals surface area contributed by atoms with E-state index in [1.54, 1.807) is 7.05 Å². The maximum atomic E-state index is 11.9. The molecule has 2 aromatic rings. The Kier molecular flexibility index (Phi) is 3.74. The van der Waals surface area contributed by atoms with Crippen LogP contribution in [-0.4, -0.2) is 28.2 Å². The fourth-order valence-electron chi connectivity index (χ4n) is 1.33. The van der Waals surface area contributed by atoms with E-state index in [2.05, 4.69) is 25.2 Å². The van der Waals surface area contributed by atoms with Crippen molar-refractivity contribution in [2.45, 2.75) is 11.4 Å². The summed E-state index contributed by atoms with van der Waals surface area (Å²) in [5.74, 6) is 5.92. The number of aromatic nitrogens is 4. The summed E-state index contributed by atoms with van der Waals surface area (Å²) in [5.41, 5.74) is 2.32. The zero-order valence-corrected chi connectivity index (χ0v) is 10.9. The number of aryl methyl sites for hydroxylation is 1. The van der Waals surface area contributed by atoms with Crippen LogP contribution in [0, 0.1) is 0 Å². The molecule has 9 nitrogen and oxygen atoms in total. The Labute approximate surface area is 109 Å². The van der Waals surface area contributed by atoms with Crippen LogP contribution in [0.25, 0.3) is 0 Å². The first-order valence-electron chi connectivity index (χ1n) is 5.28. The highest BCUT2D eigenvalue weighted by Crippen LogP contribution is 2.09. The molecule has 0 bridgehead atoms. The number of rotatable bonds is 5. The van der Waals surface area contributed by atoms with Crippen molar-refractivity contribution >= 4 is 15.8 Å². The van der Waals surface area contributed by atoms with Crippen molar-refractivity contribution in [3.05, 3.63) is 30.5 Å². The van der Waals surface area contributed by atoms with Crippen LogP contribution in [0.2, 0.25) is 0 Å². The maximum absolute atomic E-state index is 11.9. The van der Waals surface area contributed by atoms with Crippen LogP contribution in [-0.2, 0) is 23.6 Å². The third-order valence-corrected chi connectivity index (χ3v) is 3.65. The van der Waals surface area contributed by atoms with Crippen LogP contribution in [0.15, 0.2) is 29.6 Å². The van der Waals surface area contributed by atoms with Gasteiger partial charge >= 0.3 is 0 Å². The Morgan fingerprint density at radius 2 is 2.16 bits per heavy atom. The Balaban J connectivity index is 2.09. The number of anilines is 1. The molecule has 10 heteroatoms. The predicted molar refractivity (Wildman–Crippen MR) is 67.1 cm³/mol. The van der Waals surface area contributed by atoms with E-state index in [0.717, 1.165) is 0 Å². The second kappa shape index (κ2) is 5.30. The van der Waals surface area contributed by atoms with Crippen LogP contribution in [0.5, 0.6) is 0 Å². The van der Waals surface area contributed by atoms with E-state index in [1.807, 2.05) is 0 Å². The summed E-state index contributed by atoms with van der Waals surface area (Å²) in [7, 11) is -1.94. The Morgan fingerprint density at radius 3 is 2.68 bits per heavy atom. The lowest BCUT2D eigenvalue weighted by atomic mass is 10.5. The zero-order chi connectivity index (χ0) is 13.9. The zero-order valence-electron chi connectivity index (χ0n) is 10.1. The lowest BCUT2D eigenvalue weighted by molar-refractivity contribution is 0.578. The molecule has 0 radical (unpaired) electrons. The van der Waals surface area contributed by atoms with E-state index < -0.39 is 10.0 Å². The third-order valence-electron chi connectivity index (χ3n) is 2.26. The number of pyridine rings is 1. The highest BCUT2D eigenvalue weighted by atomic mass is 32.2. The van der Waals surface area contributed by atoms with Gasteiger partial charge in [0.05, 0.1) is 6.54 Å². The second-order valence-corrected chi connectivity index (χ2v) is 5.45. The first-order chi connectivity index (χ1) is 9.01. The van der Waals surface area contributed by atoms with Gasteiger partial charge in [0, 0.05) is 13.2 Å². The number of hydrazine groups is 1. The number of nitrogens with two attached hydrogens (primary N) is 1. The quantitative estimate of drug-likeness (QED) is 0.473. The van der Waals surface area contributed by atoms with Crippen molar-refractivity contribution in [1.29, 1.82) is 0 Å². The van der Waals surface area contributed by atoms with Gasteiger partial charge in [0.2, 0.25) is 10.0 Å². The first-order valence-corrected chi connectivity index (χ1v) is 6.76. The molecule has 2 aromatic heterocycles. The molecule has 0 aromatic carbocycles. The molecule has 0 atom stereocenters. The molecule has 19 heavy (non-hydrogen) atoms. The molecule has 102 valence electrons. The summed E-state index contributed by atoms with van der Waals surface area (Å²) in [6.45, 7) is 0.0140. The smallest absolute Gasteiger partial charge is 0.242 e. The molecule has 2 heterocycles. The number of nitrogens with one attached hydrogen (secondary N) is 2. The van der Waals surface area contributed by atoms with E-state index >= 15 is 0 Å². The van der Waals surface area contributed by atoms with Gasteiger partial charge in [-0.3, -0.25) is 4.68 Å². The Morgan fingerprint density at radius 1 is 1.37 bits per heavy atom. The van der Waals surface area contributed by atoms with Gasteiger partial charge in [-0.1, -0.05) is 0 Å². The minimum Gasteiger partial charge on any atom is -0.308 e. The van der Waals surface area contributed by atoms with E-state index in [1.165, 1.54) is 29.3 Å². The largest absolute Gasteiger partial charge is 0.308 e. The van der Waals surface area contributed by atoms with Gasteiger partial charge in [-0.15, -0.1) is 0 Å². The SMILES string of the molecule is Cn1cnc(CNS(=O)(=O)c2ccc(NN)nc2)n1. The number of nitrogen functional groups attached to an aromatic ring is 1. The molecule has 0 saturated carbocycles. The standard InChI is InChI=1S/C9H13N7O2S/c1-16-6-12-9(15-16)5-13-19(17,18)7-2-3-8(14-10)11-4-7/h2-4,6,13H,5,10H2,1H3,(H,11,14). The summed E-state index contributed by atoms with van der Waals surface area (Å²) in [4.78, 5) is 7.80. The van der Waals surface area contributed by atoms with Crippen LogP contribution >= 0.6 is 0 Å². The van der Waals surface area contributed by atoms with E-state index in [9.17, 15) is 8.42 Å². The summed E-state index contributed by atoms with van der Waals surface area (Å²) < 4.78 is 27.8. The summed E-state index contributed by atoms with van der Waals surface area (Å²) in [5, 5.41) is 3.97. The van der Waals surface area contributed by atoms with Gasteiger partial charge in [0.15, 0.2) is 5.82 Å². The lowest BCUT2D eigenvalue weighted by Crippen LogP contribution is -2.24. The fraction of sp³-hybridized carbons (Fsp3) is 0.222. The van der Waals surface area contributed by atoms with Gasteiger partial charge in [-0.2, -0.15) is 5.10 Å². The molecule has 4 N–H and O–H groups in total. The number of hydrogen-bond acceptors (Lipinski definition) is 7. The fourth-order valence-corrected chi connectivity index (χ4v) is 2.26. The second-order valence-electron chi connectivity index (χ2n) is 3.68. The van der Waals surface area contributed by atoms with Crippen molar-refractivity contribution in [2.24, 2.45) is 12.9 Å². The lowest BCUT2D eigenvalue weighted by Gasteiger charge is -2.05. The third kappa shape index (κ3) is 3.24. The van der Waals surface area contributed by atoms with Crippen LogP contribution in [0.1, 0.15) is 5.82 Å². The van der Waals surface area contributed by atoms with Gasteiger partial charge in [-0.25, -0.2) is 29.0 Å². The first kappa shape index (κ1) is 13.4. The van der Waals surface area contributed by atoms with Gasteiger partial charge in [0.1, 0.15) is 17.0 Å². The summed E-state index contributed by atoms with van der Waals surface area (Å²) in [6.07, 6.45) is 2.70. The molecule has 2 rings (SSSR count). The maximum Gasteiger partial charge on any atom is 0.242 e. The van der Waals surface area contributed by atoms with Crippen LogP contribution in [0.3, 0.4) is 0 Å². The predicted octanol–water partition coefficient (Wildman–Crippen LogP) is -1.03. The molecule has 0 saturated heterocycles. The van der Waals surface area contributed by atoms with E-state index in [4.69, 9.17) is 5.84 Å². The highest BCUT2D eigenvalue weighted by molar-refractivity contribution is 7.89. The molecule has 0 aliphatic heterocycles. The monoisotopic (exact) mass is 283 g/mol. The van der Waals surface area contributed by atoms with Gasteiger partial charge < -0.3 is 5.43 Å². The normalized spacial score (nSPS) is 11.5. The van der Waals surface area contributed by atoms with Gasteiger partial charge in [-0.05, 0) is 12.1 Å².